The number of rotatable bonds is 5. The summed E-state index contributed by atoms with van der Waals surface area (Å²) >= 11 is 0. The zero-order valence-corrected chi connectivity index (χ0v) is 7.98. The van der Waals surface area contributed by atoms with E-state index in [1.54, 1.807) is 0 Å². The molecule has 0 fully saturated rings. The molecule has 0 N–H and O–H groups in total. The van der Waals surface area contributed by atoms with Crippen LogP contribution < -0.4 is 0 Å². The molecule has 0 aromatic carbocycles. The molecule has 0 aliphatic carbocycles. The Hall–Kier alpha value is 0.0649. The molecule has 0 saturated carbocycles. The average molecular weight is 140 g/mol. The van der Waals surface area contributed by atoms with Crippen LogP contribution in [0.2, 0.25) is 19.0 Å². The van der Waals surface area contributed by atoms with Gasteiger partial charge in [-0.25, -0.2) is 0 Å². The van der Waals surface area contributed by atoms with Gasteiger partial charge in [0.25, 0.3) is 0 Å². The van der Waals surface area contributed by atoms with Crippen molar-refractivity contribution < 1.29 is 0 Å². The van der Waals surface area contributed by atoms with E-state index >= 15 is 0 Å². The summed E-state index contributed by atoms with van der Waals surface area (Å²) in [6.45, 7) is 10.2. The van der Waals surface area contributed by atoms with Gasteiger partial charge in [-0.3, -0.25) is 0 Å². The highest BCUT2D eigenvalue weighted by Gasteiger charge is 2.07. The Morgan fingerprint density at radius 3 is 1.90 bits per heavy atom. The van der Waals surface area contributed by atoms with Crippen molar-refractivity contribution in [3.05, 3.63) is 0 Å². The Bertz CT molecular complexity index is 65.1. The Labute approximate surface area is 66.5 Å². The van der Waals surface area contributed by atoms with Crippen LogP contribution in [0, 0.1) is 5.92 Å². The van der Waals surface area contributed by atoms with Gasteiger partial charge in [0.05, 0.1) is 0 Å². The minimum Gasteiger partial charge on any atom is -0.0770 e. The summed E-state index contributed by atoms with van der Waals surface area (Å²) in [5.74, 6) is 0.889. The summed E-state index contributed by atoms with van der Waals surface area (Å²) in [6, 6.07) is 0. The molecule has 0 bridgehead atoms. The maximum atomic E-state index is 2.31. The van der Waals surface area contributed by atoms with E-state index in [1.165, 1.54) is 25.4 Å². The standard InChI is InChI=1S/C9H21B/c1-5-10(6-2)8-7-9(3)4/h9H,5-8H2,1-4H3. The molecule has 0 unspecified atom stereocenters. The minimum atomic E-state index is 0.889. The van der Waals surface area contributed by atoms with E-state index in [0.717, 1.165) is 12.6 Å². The Kier molecular flexibility index (Phi) is 5.86. The van der Waals surface area contributed by atoms with Gasteiger partial charge >= 0.3 is 0 Å². The first-order valence-electron chi connectivity index (χ1n) is 4.70. The van der Waals surface area contributed by atoms with Gasteiger partial charge in [0.1, 0.15) is 6.71 Å². The molecule has 0 rings (SSSR count). The molecule has 0 nitrogen and oxygen atoms in total. The summed E-state index contributed by atoms with van der Waals surface area (Å²) in [5.41, 5.74) is 0. The van der Waals surface area contributed by atoms with E-state index in [9.17, 15) is 0 Å². The zero-order valence-electron chi connectivity index (χ0n) is 7.98. The third kappa shape index (κ3) is 4.90. The third-order valence-electron chi connectivity index (χ3n) is 2.31. The Balaban J connectivity index is 3.26. The predicted octanol–water partition coefficient (Wildman–Crippen LogP) is 3.57. The molecule has 0 radical (unpaired) electrons. The highest BCUT2D eigenvalue weighted by Crippen LogP contribution is 2.12. The van der Waals surface area contributed by atoms with Crippen LogP contribution in [0.3, 0.4) is 0 Å². The van der Waals surface area contributed by atoms with Crippen molar-refractivity contribution in [1.29, 1.82) is 0 Å². The van der Waals surface area contributed by atoms with Crippen LogP contribution in [0.5, 0.6) is 0 Å². The first kappa shape index (κ1) is 10.1. The first-order valence-corrected chi connectivity index (χ1v) is 4.70. The van der Waals surface area contributed by atoms with Gasteiger partial charge in [0, 0.05) is 0 Å². The van der Waals surface area contributed by atoms with Crippen molar-refractivity contribution in [1.82, 2.24) is 0 Å². The van der Waals surface area contributed by atoms with E-state index in [0.29, 0.717) is 0 Å². The first-order chi connectivity index (χ1) is 4.70. The molecule has 0 aromatic rings. The molecule has 0 spiro atoms. The number of hydrogen-bond donors (Lipinski definition) is 0. The minimum absolute atomic E-state index is 0.889. The fourth-order valence-electron chi connectivity index (χ4n) is 1.27. The van der Waals surface area contributed by atoms with Crippen molar-refractivity contribution in [3.8, 4) is 0 Å². The number of hydrogen-bond acceptors (Lipinski definition) is 0. The lowest BCUT2D eigenvalue weighted by molar-refractivity contribution is 0.621. The quantitative estimate of drug-likeness (QED) is 0.512. The molecular weight excluding hydrogens is 119 g/mol. The second kappa shape index (κ2) is 5.82. The van der Waals surface area contributed by atoms with E-state index in [1.807, 2.05) is 0 Å². The summed E-state index contributed by atoms with van der Waals surface area (Å²) in [6.07, 6.45) is 5.57. The highest BCUT2D eigenvalue weighted by molar-refractivity contribution is 6.58. The highest BCUT2D eigenvalue weighted by atomic mass is 13.9. The van der Waals surface area contributed by atoms with Gasteiger partial charge in [-0.1, -0.05) is 53.1 Å². The van der Waals surface area contributed by atoms with E-state index in [-0.39, 0.29) is 0 Å². The van der Waals surface area contributed by atoms with Crippen molar-refractivity contribution in [3.63, 3.8) is 0 Å². The van der Waals surface area contributed by atoms with Crippen LogP contribution >= 0.6 is 0 Å². The molecule has 0 saturated heterocycles. The lowest BCUT2D eigenvalue weighted by Crippen LogP contribution is -2.09. The largest absolute Gasteiger partial charge is 0.139 e. The van der Waals surface area contributed by atoms with Gasteiger partial charge in [-0.05, 0) is 5.92 Å². The molecular formula is C9H21B. The molecule has 0 aliphatic rings. The van der Waals surface area contributed by atoms with Crippen LogP contribution in [0.4, 0.5) is 0 Å². The second-order valence-corrected chi connectivity index (χ2v) is 3.65. The van der Waals surface area contributed by atoms with E-state index in [2.05, 4.69) is 27.7 Å². The van der Waals surface area contributed by atoms with Gasteiger partial charge in [-0.2, -0.15) is 0 Å². The molecule has 10 heavy (non-hydrogen) atoms. The molecule has 0 atom stereocenters. The SMILES string of the molecule is CCB(CC)CCC(C)C. The average Bonchev–Trinajstić information content (AvgIpc) is 1.90. The van der Waals surface area contributed by atoms with Crippen LogP contribution in [0.25, 0.3) is 0 Å². The molecule has 0 aliphatic heterocycles. The fourth-order valence-corrected chi connectivity index (χ4v) is 1.27. The Morgan fingerprint density at radius 1 is 1.10 bits per heavy atom. The molecule has 0 heterocycles. The zero-order chi connectivity index (χ0) is 7.98. The smallest absolute Gasteiger partial charge is 0.0770 e. The lowest BCUT2D eigenvalue weighted by Gasteiger charge is -2.09. The summed E-state index contributed by atoms with van der Waals surface area (Å²) in [4.78, 5) is 0. The maximum absolute atomic E-state index is 2.31. The predicted molar refractivity (Wildman–Crippen MR) is 51.0 cm³/mol. The van der Waals surface area contributed by atoms with Gasteiger partial charge in [0.15, 0.2) is 0 Å². The van der Waals surface area contributed by atoms with Crippen molar-refractivity contribution in [2.24, 2.45) is 5.92 Å². The summed E-state index contributed by atoms with van der Waals surface area (Å²) < 4.78 is 0. The van der Waals surface area contributed by atoms with E-state index < -0.39 is 0 Å². The summed E-state index contributed by atoms with van der Waals surface area (Å²) in [5, 5.41) is 0. The maximum Gasteiger partial charge on any atom is 0.139 e. The van der Waals surface area contributed by atoms with Crippen molar-refractivity contribution in [2.45, 2.75) is 53.1 Å². The van der Waals surface area contributed by atoms with Gasteiger partial charge in [0.2, 0.25) is 0 Å². The van der Waals surface area contributed by atoms with Crippen LogP contribution in [0.15, 0.2) is 0 Å². The normalized spacial score (nSPS) is 10.5. The van der Waals surface area contributed by atoms with Crippen molar-refractivity contribution >= 4 is 6.71 Å². The van der Waals surface area contributed by atoms with Gasteiger partial charge in [-0.15, -0.1) is 0 Å². The van der Waals surface area contributed by atoms with Crippen LogP contribution in [-0.4, -0.2) is 6.71 Å². The van der Waals surface area contributed by atoms with E-state index in [4.69, 9.17) is 0 Å². The Morgan fingerprint density at radius 2 is 1.60 bits per heavy atom. The molecule has 60 valence electrons. The molecule has 0 aromatic heterocycles. The summed E-state index contributed by atoms with van der Waals surface area (Å²) in [7, 11) is 0. The van der Waals surface area contributed by atoms with Gasteiger partial charge < -0.3 is 0 Å². The lowest BCUT2D eigenvalue weighted by atomic mass is 9.43. The monoisotopic (exact) mass is 140 g/mol. The third-order valence-corrected chi connectivity index (χ3v) is 2.31. The molecule has 0 amide bonds. The van der Waals surface area contributed by atoms with Crippen LogP contribution in [0.1, 0.15) is 34.1 Å². The van der Waals surface area contributed by atoms with Crippen molar-refractivity contribution in [2.75, 3.05) is 0 Å². The topological polar surface area (TPSA) is 0 Å². The molecule has 1 heteroatoms. The second-order valence-electron chi connectivity index (χ2n) is 3.65. The fraction of sp³-hybridized carbons (Fsp3) is 1.00. The van der Waals surface area contributed by atoms with Crippen LogP contribution in [-0.2, 0) is 0 Å².